The van der Waals surface area contributed by atoms with Crippen LogP contribution in [0.1, 0.15) is 75.8 Å². The van der Waals surface area contributed by atoms with Crippen molar-refractivity contribution in [3.63, 3.8) is 0 Å². The first-order valence-corrected chi connectivity index (χ1v) is 15.8. The number of aliphatic hydroxyl groups is 4. The minimum absolute atomic E-state index is 0.0625. The van der Waals surface area contributed by atoms with Crippen molar-refractivity contribution in [2.24, 2.45) is 5.73 Å². The molecule has 2 saturated heterocycles. The van der Waals surface area contributed by atoms with E-state index in [1.165, 1.54) is 32.2 Å². The highest BCUT2D eigenvalue weighted by molar-refractivity contribution is 6.31. The second kappa shape index (κ2) is 12.9. The number of benzene rings is 2. The summed E-state index contributed by atoms with van der Waals surface area (Å²) in [6.07, 6.45) is -15.1. The van der Waals surface area contributed by atoms with E-state index in [1.54, 1.807) is 0 Å². The van der Waals surface area contributed by atoms with Crippen LogP contribution in [0.25, 0.3) is 0 Å². The number of aromatic hydroxyl groups is 2. The number of phenolic OH excluding ortho intramolecular Hbond substituents is 2. The first-order chi connectivity index (χ1) is 23.5. The van der Waals surface area contributed by atoms with Crippen LogP contribution in [-0.2, 0) is 35.0 Å². The largest absolute Gasteiger partial charge is 0.507 e. The van der Waals surface area contributed by atoms with Crippen LogP contribution in [0.3, 0.4) is 0 Å². The summed E-state index contributed by atoms with van der Waals surface area (Å²) in [5.74, 6) is -5.26. The molecule has 2 aliphatic carbocycles. The molecule has 2 fully saturated rings. The van der Waals surface area contributed by atoms with Crippen molar-refractivity contribution in [2.45, 2.75) is 100 Å². The maximum absolute atomic E-state index is 13.8. The zero-order chi connectivity index (χ0) is 36.6. The SMILES string of the molecule is COc1cccc2c1C(=O)c1c(O)c3c(c(O)c1C2=O)C[C@@](O)(C(C)=O)C[C@@H]3O[C@H]1CC(N)[C@@H](O[C@H]2O[C@H](C(=O)O)[C@@H](O)[C@H](O)[C@H]2O)[C@H](C)O1. The number of carbonyl (C=O) groups excluding carboxylic acids is 3. The van der Waals surface area contributed by atoms with E-state index in [9.17, 15) is 54.9 Å². The number of carboxylic acid groups (broad SMARTS) is 1. The minimum atomic E-state index is -2.13. The number of Topliss-reactive ketones (excluding diaryl/α,β-unsaturated/α-hetero) is 1. The van der Waals surface area contributed by atoms with Gasteiger partial charge in [0.15, 0.2) is 30.3 Å². The second-order valence-corrected chi connectivity index (χ2v) is 13.0. The Morgan fingerprint density at radius 1 is 0.960 bits per heavy atom. The third-order valence-electron chi connectivity index (χ3n) is 9.87. The third kappa shape index (κ3) is 5.64. The molecule has 1 unspecified atom stereocenters. The second-order valence-electron chi connectivity index (χ2n) is 13.0. The number of ketones is 3. The lowest BCUT2D eigenvalue weighted by atomic mass is 9.72. The summed E-state index contributed by atoms with van der Waals surface area (Å²) in [4.78, 5) is 51.7. The van der Waals surface area contributed by atoms with Gasteiger partial charge in [0, 0.05) is 42.0 Å². The van der Waals surface area contributed by atoms with Gasteiger partial charge in [0.1, 0.15) is 47.3 Å². The fraction of sp³-hybridized carbons (Fsp3) is 0.515. The van der Waals surface area contributed by atoms with Gasteiger partial charge in [0.2, 0.25) is 5.78 Å². The third-order valence-corrected chi connectivity index (χ3v) is 9.87. The normalized spacial score (nSPS) is 35.1. The molecule has 270 valence electrons. The van der Waals surface area contributed by atoms with E-state index in [4.69, 9.17) is 29.4 Å². The fourth-order valence-electron chi connectivity index (χ4n) is 7.18. The summed E-state index contributed by atoms with van der Waals surface area (Å²) >= 11 is 0. The van der Waals surface area contributed by atoms with E-state index in [0.717, 1.165) is 6.92 Å². The predicted molar refractivity (Wildman–Crippen MR) is 164 cm³/mol. The van der Waals surface area contributed by atoms with Gasteiger partial charge in [-0.05, 0) is 19.9 Å². The molecule has 0 amide bonds. The summed E-state index contributed by atoms with van der Waals surface area (Å²) in [5, 5.41) is 74.5. The summed E-state index contributed by atoms with van der Waals surface area (Å²) in [6.45, 7) is 2.63. The minimum Gasteiger partial charge on any atom is -0.507 e. The molecular weight excluding hydrogens is 666 g/mol. The van der Waals surface area contributed by atoms with E-state index in [2.05, 4.69) is 0 Å². The molecule has 2 aromatic rings. The molecule has 17 heteroatoms. The number of carboxylic acids is 1. The van der Waals surface area contributed by atoms with Crippen LogP contribution in [0.5, 0.6) is 17.2 Å². The highest BCUT2D eigenvalue weighted by Crippen LogP contribution is 2.52. The zero-order valence-electron chi connectivity index (χ0n) is 27.0. The Morgan fingerprint density at radius 2 is 1.64 bits per heavy atom. The maximum Gasteiger partial charge on any atom is 0.335 e. The molecule has 0 radical (unpaired) electrons. The summed E-state index contributed by atoms with van der Waals surface area (Å²) < 4.78 is 28.4. The van der Waals surface area contributed by atoms with Gasteiger partial charge in [-0.2, -0.15) is 0 Å². The number of phenols is 2. The van der Waals surface area contributed by atoms with Crippen LogP contribution in [-0.4, -0.2) is 127 Å². The highest BCUT2D eigenvalue weighted by Gasteiger charge is 2.52. The van der Waals surface area contributed by atoms with Crippen molar-refractivity contribution in [1.82, 2.24) is 0 Å². The molecule has 0 bridgehead atoms. The van der Waals surface area contributed by atoms with E-state index < -0.39 is 126 Å². The van der Waals surface area contributed by atoms with Crippen molar-refractivity contribution in [3.8, 4) is 17.2 Å². The summed E-state index contributed by atoms with van der Waals surface area (Å²) in [7, 11) is 1.30. The van der Waals surface area contributed by atoms with E-state index in [1.807, 2.05) is 0 Å². The molecule has 9 N–H and O–H groups in total. The predicted octanol–water partition coefficient (Wildman–Crippen LogP) is -1.05. The lowest BCUT2D eigenvalue weighted by molar-refractivity contribution is -0.328. The van der Waals surface area contributed by atoms with Gasteiger partial charge in [0.05, 0.1) is 36.0 Å². The number of fused-ring (bicyclic) bond motifs is 3. The van der Waals surface area contributed by atoms with Crippen LogP contribution in [0.4, 0.5) is 0 Å². The van der Waals surface area contributed by atoms with Gasteiger partial charge in [-0.25, -0.2) is 4.79 Å². The Bertz CT molecular complexity index is 1750. The number of methoxy groups -OCH3 is 1. The van der Waals surface area contributed by atoms with Crippen molar-refractivity contribution in [3.05, 3.63) is 51.6 Å². The van der Waals surface area contributed by atoms with Crippen LogP contribution >= 0.6 is 0 Å². The van der Waals surface area contributed by atoms with Gasteiger partial charge < -0.3 is 65.2 Å². The van der Waals surface area contributed by atoms with Crippen LogP contribution < -0.4 is 10.5 Å². The van der Waals surface area contributed by atoms with E-state index >= 15 is 0 Å². The number of nitrogens with two attached hydrogens (primary N) is 1. The number of hydrogen-bond donors (Lipinski definition) is 8. The lowest BCUT2D eigenvalue weighted by Gasteiger charge is -2.45. The van der Waals surface area contributed by atoms with Gasteiger partial charge >= 0.3 is 5.97 Å². The van der Waals surface area contributed by atoms with Crippen LogP contribution in [0, 0.1) is 0 Å². The Hall–Kier alpha value is -4.04. The molecule has 2 aliphatic heterocycles. The Labute approximate surface area is 283 Å². The molecule has 0 aromatic heterocycles. The molecule has 17 nitrogen and oxygen atoms in total. The highest BCUT2D eigenvalue weighted by atomic mass is 16.7. The Balaban J connectivity index is 1.31. The van der Waals surface area contributed by atoms with Crippen molar-refractivity contribution < 1.29 is 78.6 Å². The summed E-state index contributed by atoms with van der Waals surface area (Å²) in [6, 6.07) is 3.35. The van der Waals surface area contributed by atoms with Crippen LogP contribution in [0.2, 0.25) is 0 Å². The van der Waals surface area contributed by atoms with Gasteiger partial charge in [-0.1, -0.05) is 12.1 Å². The zero-order valence-corrected chi connectivity index (χ0v) is 27.0. The van der Waals surface area contributed by atoms with Crippen molar-refractivity contribution in [2.75, 3.05) is 7.11 Å². The average molecular weight is 704 g/mol. The van der Waals surface area contributed by atoms with E-state index in [-0.39, 0.29) is 34.4 Å². The number of aliphatic carboxylic acids is 1. The van der Waals surface area contributed by atoms with Crippen molar-refractivity contribution in [1.29, 1.82) is 0 Å². The van der Waals surface area contributed by atoms with Gasteiger partial charge in [0.25, 0.3) is 0 Å². The van der Waals surface area contributed by atoms with E-state index in [0.29, 0.717) is 0 Å². The number of ether oxygens (including phenoxy) is 5. The molecule has 6 rings (SSSR count). The number of aliphatic hydroxyl groups excluding tert-OH is 3. The Morgan fingerprint density at radius 3 is 2.26 bits per heavy atom. The molecule has 2 heterocycles. The maximum atomic E-state index is 13.8. The fourth-order valence-corrected chi connectivity index (χ4v) is 7.18. The van der Waals surface area contributed by atoms with Gasteiger partial charge in [-0.3, -0.25) is 14.4 Å². The molecule has 4 aliphatic rings. The molecular formula is C33H37NO16. The molecule has 0 saturated carbocycles. The standard InChI is InChI=1S/C33H37NO16/c1-10-29(49-32-28(42)26(40)27(41)30(50-32)31(43)44)14(34)7-17(47-10)48-16-9-33(45,11(2)35)8-13-19(16)25(39)21-20(23(13)37)22(36)12-5-4-6-15(46-3)18(12)24(21)38/h4-6,10,14,16-17,26-30,32,37,39-42,45H,7-9,34H2,1-3H3,(H,43,44)/t10-,14?,16-,17-,26-,27-,28+,29-,30-,32-,33-/m0/s1. The van der Waals surface area contributed by atoms with Crippen molar-refractivity contribution >= 4 is 23.3 Å². The topological polar surface area (TPSA) is 282 Å². The first-order valence-electron chi connectivity index (χ1n) is 15.8. The molecule has 11 atom stereocenters. The molecule has 0 spiro atoms. The van der Waals surface area contributed by atoms with Gasteiger partial charge in [-0.15, -0.1) is 0 Å². The number of rotatable bonds is 7. The Kier molecular flexibility index (Phi) is 9.25. The monoisotopic (exact) mass is 703 g/mol. The summed E-state index contributed by atoms with van der Waals surface area (Å²) in [5.41, 5.74) is 2.71. The molecule has 50 heavy (non-hydrogen) atoms. The first kappa shape index (κ1) is 35.8. The quantitative estimate of drug-likeness (QED) is 0.136. The lowest BCUT2D eigenvalue weighted by Crippen LogP contribution is -2.63. The number of hydrogen-bond acceptors (Lipinski definition) is 16. The smallest absolute Gasteiger partial charge is 0.335 e. The average Bonchev–Trinajstić information content (AvgIpc) is 3.05. The number of carbonyl (C=O) groups is 4. The van der Waals surface area contributed by atoms with Crippen LogP contribution in [0.15, 0.2) is 18.2 Å². The molecule has 2 aromatic carbocycles.